The van der Waals surface area contributed by atoms with E-state index in [1.54, 1.807) is 6.92 Å². The molecule has 1 amide bonds. The molecule has 0 bridgehead atoms. The van der Waals surface area contributed by atoms with Crippen molar-refractivity contribution in [1.29, 1.82) is 5.26 Å². The molecule has 0 aromatic heterocycles. The van der Waals surface area contributed by atoms with E-state index >= 15 is 0 Å². The second-order valence-electron chi connectivity index (χ2n) is 3.40. The molecule has 78 valence electrons. The standard InChI is InChI=1S/C12H14N2O/c1-3-12(15)14-11(8-13)10-6-4-5-9(2)7-10/h4-7,11H,3H2,1-2H3,(H,14,15). The highest BCUT2D eigenvalue weighted by Crippen LogP contribution is 2.13. The van der Waals surface area contributed by atoms with Crippen LogP contribution in [0.3, 0.4) is 0 Å². The SMILES string of the molecule is CCC(=O)NC(C#N)c1cccc(C)c1. The summed E-state index contributed by atoms with van der Waals surface area (Å²) in [5.41, 5.74) is 1.91. The molecule has 3 heteroatoms. The van der Waals surface area contributed by atoms with Crippen molar-refractivity contribution in [2.24, 2.45) is 0 Å². The Morgan fingerprint density at radius 1 is 1.60 bits per heavy atom. The lowest BCUT2D eigenvalue weighted by Crippen LogP contribution is -2.26. The lowest BCUT2D eigenvalue weighted by atomic mass is 10.1. The molecule has 1 aromatic rings. The fourth-order valence-electron chi connectivity index (χ4n) is 1.30. The fourth-order valence-corrected chi connectivity index (χ4v) is 1.30. The van der Waals surface area contributed by atoms with Gasteiger partial charge in [-0.05, 0) is 12.5 Å². The maximum absolute atomic E-state index is 11.2. The maximum Gasteiger partial charge on any atom is 0.221 e. The van der Waals surface area contributed by atoms with Crippen molar-refractivity contribution >= 4 is 5.91 Å². The molecule has 1 aromatic carbocycles. The van der Waals surface area contributed by atoms with Crippen molar-refractivity contribution in [3.8, 4) is 6.07 Å². The van der Waals surface area contributed by atoms with Gasteiger partial charge in [0.15, 0.2) is 0 Å². The zero-order valence-electron chi connectivity index (χ0n) is 8.95. The van der Waals surface area contributed by atoms with E-state index in [0.29, 0.717) is 6.42 Å². The number of benzene rings is 1. The molecule has 0 aliphatic heterocycles. The number of rotatable bonds is 3. The molecule has 3 nitrogen and oxygen atoms in total. The predicted octanol–water partition coefficient (Wildman–Crippen LogP) is 2.09. The largest absolute Gasteiger partial charge is 0.337 e. The van der Waals surface area contributed by atoms with Crippen LogP contribution >= 0.6 is 0 Å². The van der Waals surface area contributed by atoms with Crippen molar-refractivity contribution in [3.05, 3.63) is 35.4 Å². The highest BCUT2D eigenvalue weighted by Gasteiger charge is 2.12. The molecular weight excluding hydrogens is 188 g/mol. The number of amides is 1. The van der Waals surface area contributed by atoms with Crippen LogP contribution in [0.2, 0.25) is 0 Å². The Labute approximate surface area is 89.7 Å². The summed E-state index contributed by atoms with van der Waals surface area (Å²) in [5, 5.41) is 11.6. The van der Waals surface area contributed by atoms with E-state index in [1.807, 2.05) is 31.2 Å². The molecule has 0 aliphatic rings. The van der Waals surface area contributed by atoms with Crippen LogP contribution in [0, 0.1) is 18.3 Å². The molecule has 15 heavy (non-hydrogen) atoms. The van der Waals surface area contributed by atoms with E-state index in [4.69, 9.17) is 5.26 Å². The van der Waals surface area contributed by atoms with Crippen molar-refractivity contribution in [2.75, 3.05) is 0 Å². The Hall–Kier alpha value is -1.82. The summed E-state index contributed by atoms with van der Waals surface area (Å²) in [6, 6.07) is 9.13. The molecule has 0 heterocycles. The molecule has 0 spiro atoms. The monoisotopic (exact) mass is 202 g/mol. The van der Waals surface area contributed by atoms with Gasteiger partial charge in [0.2, 0.25) is 5.91 Å². The van der Waals surface area contributed by atoms with Crippen LogP contribution in [0.5, 0.6) is 0 Å². The zero-order valence-corrected chi connectivity index (χ0v) is 8.95. The van der Waals surface area contributed by atoms with Gasteiger partial charge in [0.1, 0.15) is 6.04 Å². The molecule has 0 radical (unpaired) electrons. The van der Waals surface area contributed by atoms with Crippen LogP contribution in [0.25, 0.3) is 0 Å². The van der Waals surface area contributed by atoms with Crippen molar-refractivity contribution in [3.63, 3.8) is 0 Å². The average molecular weight is 202 g/mol. The summed E-state index contributed by atoms with van der Waals surface area (Å²) >= 11 is 0. The lowest BCUT2D eigenvalue weighted by Gasteiger charge is -2.11. The van der Waals surface area contributed by atoms with Crippen LogP contribution < -0.4 is 5.32 Å². The van der Waals surface area contributed by atoms with Gasteiger partial charge in [-0.25, -0.2) is 0 Å². The second-order valence-corrected chi connectivity index (χ2v) is 3.40. The van der Waals surface area contributed by atoms with E-state index < -0.39 is 6.04 Å². The van der Waals surface area contributed by atoms with Gasteiger partial charge in [-0.15, -0.1) is 0 Å². The van der Waals surface area contributed by atoms with Gasteiger partial charge in [-0.3, -0.25) is 4.79 Å². The Kier molecular flexibility index (Phi) is 3.87. The first-order valence-corrected chi connectivity index (χ1v) is 4.93. The average Bonchev–Trinajstić information content (AvgIpc) is 2.25. The van der Waals surface area contributed by atoms with E-state index in [1.165, 1.54) is 0 Å². The fraction of sp³-hybridized carbons (Fsp3) is 0.333. The lowest BCUT2D eigenvalue weighted by molar-refractivity contribution is -0.121. The topological polar surface area (TPSA) is 52.9 Å². The number of nitrogens with one attached hydrogen (secondary N) is 1. The van der Waals surface area contributed by atoms with Crippen molar-refractivity contribution in [2.45, 2.75) is 26.3 Å². The molecular formula is C12H14N2O. The number of hydrogen-bond donors (Lipinski definition) is 1. The van der Waals surface area contributed by atoms with Crippen molar-refractivity contribution in [1.82, 2.24) is 5.32 Å². The molecule has 0 saturated heterocycles. The smallest absolute Gasteiger partial charge is 0.221 e. The molecule has 1 atom stereocenters. The van der Waals surface area contributed by atoms with Crippen LogP contribution in [0.15, 0.2) is 24.3 Å². The summed E-state index contributed by atoms with van der Waals surface area (Å²) in [4.78, 5) is 11.2. The molecule has 1 unspecified atom stereocenters. The van der Waals surface area contributed by atoms with E-state index in [-0.39, 0.29) is 5.91 Å². The zero-order chi connectivity index (χ0) is 11.3. The first-order chi connectivity index (χ1) is 7.17. The molecule has 1 rings (SSSR count). The third-order valence-electron chi connectivity index (χ3n) is 2.13. The second kappa shape index (κ2) is 5.16. The molecule has 0 aliphatic carbocycles. The molecule has 0 saturated carbocycles. The Balaban J connectivity index is 2.84. The third-order valence-corrected chi connectivity index (χ3v) is 2.13. The maximum atomic E-state index is 11.2. The number of nitrogens with zero attached hydrogens (tertiary/aromatic N) is 1. The summed E-state index contributed by atoms with van der Waals surface area (Å²) in [5.74, 6) is -0.108. The van der Waals surface area contributed by atoms with Gasteiger partial charge in [-0.2, -0.15) is 5.26 Å². The van der Waals surface area contributed by atoms with Crippen LogP contribution in [0.4, 0.5) is 0 Å². The van der Waals surface area contributed by atoms with Gasteiger partial charge in [0, 0.05) is 6.42 Å². The van der Waals surface area contributed by atoms with E-state index in [9.17, 15) is 4.79 Å². The van der Waals surface area contributed by atoms with Gasteiger partial charge in [-0.1, -0.05) is 36.8 Å². The van der Waals surface area contributed by atoms with Gasteiger partial charge in [0.25, 0.3) is 0 Å². The molecule has 1 N–H and O–H groups in total. The molecule has 0 fully saturated rings. The highest BCUT2D eigenvalue weighted by atomic mass is 16.1. The van der Waals surface area contributed by atoms with E-state index in [0.717, 1.165) is 11.1 Å². The van der Waals surface area contributed by atoms with Crippen molar-refractivity contribution < 1.29 is 4.79 Å². The Morgan fingerprint density at radius 2 is 2.33 bits per heavy atom. The first kappa shape index (κ1) is 11.3. The van der Waals surface area contributed by atoms with Crippen LogP contribution in [0.1, 0.15) is 30.5 Å². The minimum Gasteiger partial charge on any atom is -0.337 e. The van der Waals surface area contributed by atoms with E-state index in [2.05, 4.69) is 11.4 Å². The quantitative estimate of drug-likeness (QED) is 0.815. The highest BCUT2D eigenvalue weighted by molar-refractivity contribution is 5.76. The Morgan fingerprint density at radius 3 is 2.87 bits per heavy atom. The van der Waals surface area contributed by atoms with Gasteiger partial charge in [0.05, 0.1) is 6.07 Å². The number of carbonyl (C=O) groups excluding carboxylic acids is 1. The predicted molar refractivity (Wildman–Crippen MR) is 58.0 cm³/mol. The minimum absolute atomic E-state index is 0.108. The number of aryl methyl sites for hydroxylation is 1. The van der Waals surface area contributed by atoms with Gasteiger partial charge >= 0.3 is 0 Å². The summed E-state index contributed by atoms with van der Waals surface area (Å²) in [6.07, 6.45) is 0.393. The normalized spacial score (nSPS) is 11.5. The number of nitriles is 1. The first-order valence-electron chi connectivity index (χ1n) is 4.93. The van der Waals surface area contributed by atoms with Crippen LogP contribution in [-0.4, -0.2) is 5.91 Å². The Bertz CT molecular complexity index is 393. The van der Waals surface area contributed by atoms with Gasteiger partial charge < -0.3 is 5.32 Å². The van der Waals surface area contributed by atoms with Crippen LogP contribution in [-0.2, 0) is 4.79 Å². The number of hydrogen-bond acceptors (Lipinski definition) is 2. The number of carbonyl (C=O) groups is 1. The summed E-state index contributed by atoms with van der Waals surface area (Å²) < 4.78 is 0. The summed E-state index contributed by atoms with van der Waals surface area (Å²) in [6.45, 7) is 3.72. The minimum atomic E-state index is -0.544. The third kappa shape index (κ3) is 3.10. The summed E-state index contributed by atoms with van der Waals surface area (Å²) in [7, 11) is 0.